The fraction of sp³-hybridized carbons (Fsp3) is 0.344. The number of nitrogens with zero attached hydrogens (tertiary/aromatic N) is 7. The molecule has 45 heavy (non-hydrogen) atoms. The number of para-hydroxylation sites is 1. The van der Waals surface area contributed by atoms with Crippen molar-refractivity contribution < 1.29 is 18.7 Å². The number of amides is 2. The van der Waals surface area contributed by atoms with E-state index >= 15 is 0 Å². The maximum Gasteiger partial charge on any atom is 0.265 e. The first-order valence-corrected chi connectivity index (χ1v) is 15.5. The van der Waals surface area contributed by atoms with Crippen molar-refractivity contribution >= 4 is 52.0 Å². The van der Waals surface area contributed by atoms with Crippen LogP contribution in [0.15, 0.2) is 53.8 Å². The first-order chi connectivity index (χ1) is 21.5. The number of hydrogen-bond donors (Lipinski definition) is 0. The molecule has 0 N–H and O–H groups in total. The quantitative estimate of drug-likeness (QED) is 0.217. The van der Waals surface area contributed by atoms with Crippen molar-refractivity contribution in [3.63, 3.8) is 0 Å². The zero-order chi connectivity index (χ0) is 32.3. The lowest BCUT2D eigenvalue weighted by Gasteiger charge is -2.28. The van der Waals surface area contributed by atoms with Gasteiger partial charge in [0.1, 0.15) is 29.8 Å². The number of carbonyl (C=O) groups excluding carboxylic acids is 2. The predicted octanol–water partition coefficient (Wildman–Crippen LogP) is 4.99. The van der Waals surface area contributed by atoms with E-state index < -0.39 is 5.82 Å². The van der Waals surface area contributed by atoms with Gasteiger partial charge in [-0.15, -0.1) is 18.0 Å². The van der Waals surface area contributed by atoms with Gasteiger partial charge in [-0.2, -0.15) is 9.47 Å². The van der Waals surface area contributed by atoms with E-state index in [-0.39, 0.29) is 41.9 Å². The van der Waals surface area contributed by atoms with Gasteiger partial charge in [-0.1, -0.05) is 38.0 Å². The molecule has 2 amide bonds. The third kappa shape index (κ3) is 6.95. The van der Waals surface area contributed by atoms with Crippen LogP contribution < -0.4 is 19.3 Å². The fourth-order valence-corrected chi connectivity index (χ4v) is 6.25. The molecule has 2 aliphatic rings. The first-order valence-electron chi connectivity index (χ1n) is 14.2. The minimum Gasteiger partial charge on any atom is -0.481 e. The van der Waals surface area contributed by atoms with Crippen LogP contribution >= 0.6 is 23.1 Å². The van der Waals surface area contributed by atoms with Crippen LogP contribution in [0.3, 0.4) is 0 Å². The van der Waals surface area contributed by atoms with E-state index in [1.807, 2.05) is 48.9 Å². The number of benzene rings is 2. The van der Waals surface area contributed by atoms with Crippen molar-refractivity contribution in [3.8, 4) is 18.1 Å². The predicted molar refractivity (Wildman–Crippen MR) is 172 cm³/mol. The van der Waals surface area contributed by atoms with Crippen LogP contribution in [0.4, 0.5) is 21.5 Å². The Hall–Kier alpha value is -4.47. The average Bonchev–Trinajstić information content (AvgIpc) is 3.71. The molecule has 0 radical (unpaired) electrons. The number of rotatable bonds is 6. The van der Waals surface area contributed by atoms with Gasteiger partial charge >= 0.3 is 0 Å². The first kappa shape index (κ1) is 31.9. The lowest BCUT2D eigenvalue weighted by atomic mass is 9.92. The van der Waals surface area contributed by atoms with Crippen molar-refractivity contribution in [2.45, 2.75) is 47.3 Å². The van der Waals surface area contributed by atoms with Crippen LogP contribution in [0.25, 0.3) is 0 Å². The second kappa shape index (κ2) is 13.3. The Bertz CT molecular complexity index is 1820. The highest BCUT2D eigenvalue weighted by Crippen LogP contribution is 2.37. The van der Waals surface area contributed by atoms with Crippen LogP contribution in [0, 0.1) is 37.4 Å². The topological polar surface area (TPSA) is 97.9 Å². The van der Waals surface area contributed by atoms with Crippen molar-refractivity contribution in [3.05, 3.63) is 76.4 Å². The summed E-state index contributed by atoms with van der Waals surface area (Å²) in [5.74, 6) is 2.75. The number of halogens is 2. The molecular formula is C32H33ClFN7O3S. The van der Waals surface area contributed by atoms with E-state index in [4.69, 9.17) is 22.8 Å². The summed E-state index contributed by atoms with van der Waals surface area (Å²) in [7, 11) is 0. The molecule has 6 rings (SSSR count). The van der Waals surface area contributed by atoms with E-state index in [1.165, 1.54) is 28.6 Å². The standard InChI is InChI=1S/C18H17FN4O2S.C14H16ClN3O/c1-4-5-22-13-7-12(11(19)6-14(13)25-9-16(22)24)20-17-23-10-18(2,3)8-15(23)21-26-17;1-11-5-3-6-12(2)14(11)18(13(19)9-15)10-17-8-4-7-16-17/h1,6-7H,5,8-10H2,2-3H3;3-8H,9-10H2,1-2H3/b20-17-;. The van der Waals surface area contributed by atoms with Crippen LogP contribution in [-0.2, 0) is 29.2 Å². The number of ether oxygens (including phenoxy) is 1. The molecule has 13 heteroatoms. The highest BCUT2D eigenvalue weighted by Gasteiger charge is 2.31. The van der Waals surface area contributed by atoms with Gasteiger partial charge in [0.2, 0.25) is 10.7 Å². The SMILES string of the molecule is C#CCN1C(=O)COc2cc(F)c(/N=c3\snc4n3CC(C)(C)C4)cc21.Cc1cccc(C)c1N(Cn1cccn1)C(=O)CCl. The number of fused-ring (bicyclic) bond motifs is 2. The van der Waals surface area contributed by atoms with Gasteiger partial charge in [-0.05, 0) is 42.5 Å². The van der Waals surface area contributed by atoms with E-state index in [0.717, 1.165) is 35.6 Å². The number of anilines is 2. The summed E-state index contributed by atoms with van der Waals surface area (Å²) < 4.78 is 28.0. The molecule has 0 aliphatic carbocycles. The fourth-order valence-electron chi connectivity index (χ4n) is 5.35. The number of hydrogen-bond acceptors (Lipinski definition) is 7. The number of aromatic nitrogens is 4. The Morgan fingerprint density at radius 3 is 2.69 bits per heavy atom. The van der Waals surface area contributed by atoms with Gasteiger partial charge in [0.25, 0.3) is 5.91 Å². The molecule has 234 valence electrons. The van der Waals surface area contributed by atoms with Crippen molar-refractivity contribution in [2.24, 2.45) is 10.4 Å². The molecular weight excluding hydrogens is 617 g/mol. The van der Waals surface area contributed by atoms with E-state index in [2.05, 4.69) is 34.2 Å². The number of alkyl halides is 1. The molecule has 2 aliphatic heterocycles. The summed E-state index contributed by atoms with van der Waals surface area (Å²) in [6.45, 7) is 9.39. The number of carbonyl (C=O) groups is 2. The van der Waals surface area contributed by atoms with Gasteiger partial charge < -0.3 is 9.30 Å². The Morgan fingerprint density at radius 2 is 2.02 bits per heavy atom. The summed E-state index contributed by atoms with van der Waals surface area (Å²) in [4.78, 5) is 32.3. The van der Waals surface area contributed by atoms with Crippen LogP contribution in [-0.4, -0.2) is 49.6 Å². The van der Waals surface area contributed by atoms with Crippen molar-refractivity contribution in [1.82, 2.24) is 18.7 Å². The van der Waals surface area contributed by atoms with Gasteiger partial charge in [-0.3, -0.25) is 24.1 Å². The Morgan fingerprint density at radius 1 is 1.27 bits per heavy atom. The second-order valence-corrected chi connectivity index (χ2v) is 12.5. The smallest absolute Gasteiger partial charge is 0.265 e. The molecule has 2 aromatic heterocycles. The van der Waals surface area contributed by atoms with Crippen LogP contribution in [0.2, 0.25) is 0 Å². The van der Waals surface area contributed by atoms with Gasteiger partial charge in [0.05, 0.1) is 17.9 Å². The van der Waals surface area contributed by atoms with E-state index in [0.29, 0.717) is 22.9 Å². The molecule has 0 unspecified atom stereocenters. The zero-order valence-electron chi connectivity index (χ0n) is 25.5. The van der Waals surface area contributed by atoms with Gasteiger partial charge in [0.15, 0.2) is 12.4 Å². The zero-order valence-corrected chi connectivity index (χ0v) is 27.0. The molecule has 0 fully saturated rings. The largest absolute Gasteiger partial charge is 0.481 e. The maximum atomic E-state index is 14.5. The third-order valence-electron chi connectivity index (χ3n) is 7.41. The lowest BCUT2D eigenvalue weighted by Crippen LogP contribution is -2.39. The Labute approximate surface area is 269 Å². The molecule has 0 saturated heterocycles. The summed E-state index contributed by atoms with van der Waals surface area (Å²) in [6.07, 6.45) is 9.73. The average molecular weight is 650 g/mol. The second-order valence-electron chi connectivity index (χ2n) is 11.5. The van der Waals surface area contributed by atoms with Crippen molar-refractivity contribution in [1.29, 1.82) is 0 Å². The summed E-state index contributed by atoms with van der Waals surface area (Å²) in [5, 5.41) is 4.14. The molecule has 2 aromatic carbocycles. The highest BCUT2D eigenvalue weighted by atomic mass is 35.5. The normalized spacial score (nSPS) is 15.0. The van der Waals surface area contributed by atoms with E-state index in [9.17, 15) is 14.0 Å². The molecule has 4 aromatic rings. The molecule has 0 saturated carbocycles. The molecule has 0 bridgehead atoms. The van der Waals surface area contributed by atoms with Crippen LogP contribution in [0.5, 0.6) is 5.75 Å². The van der Waals surface area contributed by atoms with Gasteiger partial charge in [-0.25, -0.2) is 9.38 Å². The summed E-state index contributed by atoms with van der Waals surface area (Å²) >= 11 is 6.96. The lowest BCUT2D eigenvalue weighted by molar-refractivity contribution is -0.121. The molecule has 4 heterocycles. The van der Waals surface area contributed by atoms with Gasteiger partial charge in [0, 0.05) is 43.0 Å². The summed E-state index contributed by atoms with van der Waals surface area (Å²) in [5.41, 5.74) is 3.68. The van der Waals surface area contributed by atoms with E-state index in [1.54, 1.807) is 15.8 Å². The monoisotopic (exact) mass is 649 g/mol. The minimum atomic E-state index is -0.515. The Balaban J connectivity index is 0.000000187. The minimum absolute atomic E-state index is 0.0466. The molecule has 10 nitrogen and oxygen atoms in total. The maximum absolute atomic E-state index is 14.5. The van der Waals surface area contributed by atoms with Crippen molar-refractivity contribution in [2.75, 3.05) is 28.8 Å². The Kier molecular flexibility index (Phi) is 9.41. The number of terminal acetylenes is 1. The van der Waals surface area contributed by atoms with Crippen LogP contribution in [0.1, 0.15) is 30.8 Å². The third-order valence-corrected chi connectivity index (χ3v) is 8.41. The summed E-state index contributed by atoms with van der Waals surface area (Å²) in [6, 6.07) is 10.5. The highest BCUT2D eigenvalue weighted by molar-refractivity contribution is 7.02. The molecule has 0 atom stereocenters. The number of aryl methyl sites for hydroxylation is 2. The molecule has 0 spiro atoms.